The average molecular weight is 247 g/mol. The zero-order chi connectivity index (χ0) is 13.2. The number of hydrogen-bond acceptors (Lipinski definition) is 3. The van der Waals surface area contributed by atoms with Crippen molar-refractivity contribution in [3.05, 3.63) is 24.0 Å². The Morgan fingerprint density at radius 1 is 1.50 bits per heavy atom. The Balaban J connectivity index is 2.15. The molecule has 0 atom stereocenters. The maximum absolute atomic E-state index is 12.4. The van der Waals surface area contributed by atoms with Gasteiger partial charge < -0.3 is 10.6 Å². The molecular weight excluding hydrogens is 226 g/mol. The molecule has 1 aromatic rings. The summed E-state index contributed by atoms with van der Waals surface area (Å²) in [5.74, 6) is -0.0307. The summed E-state index contributed by atoms with van der Waals surface area (Å²) >= 11 is 0. The van der Waals surface area contributed by atoms with Gasteiger partial charge in [-0.15, -0.1) is 0 Å². The van der Waals surface area contributed by atoms with Gasteiger partial charge in [-0.1, -0.05) is 13.8 Å². The van der Waals surface area contributed by atoms with Crippen molar-refractivity contribution >= 4 is 11.6 Å². The number of hydrogen-bond donors (Lipinski definition) is 1. The van der Waals surface area contributed by atoms with Crippen LogP contribution in [0, 0.1) is 5.41 Å². The minimum absolute atomic E-state index is 0.0307. The lowest BCUT2D eigenvalue weighted by atomic mass is 9.82. The maximum atomic E-state index is 12.4. The molecule has 4 heteroatoms. The van der Waals surface area contributed by atoms with E-state index in [9.17, 15) is 4.79 Å². The minimum Gasteiger partial charge on any atom is -0.397 e. The number of nitrogens with zero attached hydrogens (tertiary/aromatic N) is 2. The average Bonchev–Trinajstić information content (AvgIpc) is 2.84. The third-order valence-corrected chi connectivity index (χ3v) is 4.27. The van der Waals surface area contributed by atoms with Gasteiger partial charge in [0.2, 0.25) is 0 Å². The van der Waals surface area contributed by atoms with Crippen molar-refractivity contribution in [3.63, 3.8) is 0 Å². The second-order valence-corrected chi connectivity index (χ2v) is 5.13. The maximum Gasteiger partial charge on any atom is 0.274 e. The molecule has 1 aromatic heterocycles. The molecule has 0 aromatic carbocycles. The number of nitrogen functional groups attached to an aromatic ring is 1. The second-order valence-electron chi connectivity index (χ2n) is 5.13. The fourth-order valence-electron chi connectivity index (χ4n) is 2.68. The lowest BCUT2D eigenvalue weighted by Gasteiger charge is -2.26. The van der Waals surface area contributed by atoms with E-state index in [4.69, 9.17) is 5.73 Å². The lowest BCUT2D eigenvalue weighted by Crippen LogP contribution is -2.32. The summed E-state index contributed by atoms with van der Waals surface area (Å²) in [5.41, 5.74) is 6.96. The summed E-state index contributed by atoms with van der Waals surface area (Å²) in [7, 11) is 0. The molecule has 1 aliphatic heterocycles. The Labute approximate surface area is 108 Å². The Hall–Kier alpha value is -1.58. The van der Waals surface area contributed by atoms with Crippen LogP contribution in [-0.2, 0) is 0 Å². The predicted octanol–water partition coefficient (Wildman–Crippen LogP) is 2.32. The number of nitrogens with two attached hydrogens (primary N) is 1. The van der Waals surface area contributed by atoms with Gasteiger partial charge in [0.1, 0.15) is 0 Å². The van der Waals surface area contributed by atoms with Crippen LogP contribution in [0.4, 0.5) is 5.69 Å². The van der Waals surface area contributed by atoms with Gasteiger partial charge >= 0.3 is 0 Å². The highest BCUT2D eigenvalue weighted by molar-refractivity contribution is 5.97. The molecule has 2 N–H and O–H groups in total. The number of anilines is 1. The van der Waals surface area contributed by atoms with E-state index >= 15 is 0 Å². The summed E-state index contributed by atoms with van der Waals surface area (Å²) in [6.07, 6.45) is 4.93. The highest BCUT2D eigenvalue weighted by Gasteiger charge is 2.37. The minimum atomic E-state index is -0.0307. The highest BCUT2D eigenvalue weighted by Crippen LogP contribution is 2.37. The molecule has 1 saturated heterocycles. The predicted molar refractivity (Wildman–Crippen MR) is 72.2 cm³/mol. The first-order valence-corrected chi connectivity index (χ1v) is 6.61. The Bertz CT molecular complexity index is 440. The van der Waals surface area contributed by atoms with Gasteiger partial charge in [-0.05, 0) is 36.8 Å². The van der Waals surface area contributed by atoms with Gasteiger partial charge in [-0.3, -0.25) is 4.79 Å². The van der Waals surface area contributed by atoms with E-state index in [0.717, 1.165) is 32.4 Å². The van der Waals surface area contributed by atoms with Crippen molar-refractivity contribution in [2.45, 2.75) is 33.1 Å². The Morgan fingerprint density at radius 2 is 2.22 bits per heavy atom. The topological polar surface area (TPSA) is 59.2 Å². The van der Waals surface area contributed by atoms with E-state index < -0.39 is 0 Å². The molecule has 0 saturated carbocycles. The Kier molecular flexibility index (Phi) is 3.55. The summed E-state index contributed by atoms with van der Waals surface area (Å²) in [6, 6.07) is 3.47. The number of rotatable bonds is 3. The third kappa shape index (κ3) is 2.19. The molecule has 18 heavy (non-hydrogen) atoms. The molecule has 0 aliphatic carbocycles. The monoisotopic (exact) mass is 247 g/mol. The van der Waals surface area contributed by atoms with Gasteiger partial charge in [0.25, 0.3) is 5.91 Å². The van der Waals surface area contributed by atoms with Gasteiger partial charge in [0.15, 0.2) is 5.69 Å². The second kappa shape index (κ2) is 4.96. The third-order valence-electron chi connectivity index (χ3n) is 4.27. The van der Waals surface area contributed by atoms with Crippen LogP contribution < -0.4 is 5.73 Å². The molecule has 0 spiro atoms. The van der Waals surface area contributed by atoms with Gasteiger partial charge in [-0.25, -0.2) is 4.98 Å². The van der Waals surface area contributed by atoms with E-state index in [1.807, 2.05) is 4.90 Å². The molecule has 1 amide bonds. The smallest absolute Gasteiger partial charge is 0.274 e. The first-order chi connectivity index (χ1) is 8.62. The van der Waals surface area contributed by atoms with E-state index in [0.29, 0.717) is 16.8 Å². The summed E-state index contributed by atoms with van der Waals surface area (Å²) < 4.78 is 0. The standard InChI is InChI=1S/C14H21N3O/c1-3-14(4-2)7-9-17(10-14)13(18)12-11(15)6-5-8-16-12/h5-6,8H,3-4,7,9-10,15H2,1-2H3. The van der Waals surface area contributed by atoms with Crippen LogP contribution in [0.25, 0.3) is 0 Å². The van der Waals surface area contributed by atoms with E-state index in [-0.39, 0.29) is 5.91 Å². The van der Waals surface area contributed by atoms with Crippen molar-refractivity contribution in [1.82, 2.24) is 9.88 Å². The largest absolute Gasteiger partial charge is 0.397 e. The van der Waals surface area contributed by atoms with E-state index in [2.05, 4.69) is 18.8 Å². The van der Waals surface area contributed by atoms with Crippen molar-refractivity contribution < 1.29 is 4.79 Å². The molecule has 98 valence electrons. The summed E-state index contributed by atoms with van der Waals surface area (Å²) in [5, 5.41) is 0. The number of pyridine rings is 1. The molecule has 2 rings (SSSR count). The van der Waals surface area contributed by atoms with Crippen molar-refractivity contribution in [2.24, 2.45) is 5.41 Å². The van der Waals surface area contributed by atoms with Crippen molar-refractivity contribution in [3.8, 4) is 0 Å². The molecule has 0 bridgehead atoms. The van der Waals surface area contributed by atoms with Gasteiger partial charge in [0.05, 0.1) is 5.69 Å². The van der Waals surface area contributed by atoms with Gasteiger partial charge in [0, 0.05) is 19.3 Å². The van der Waals surface area contributed by atoms with Crippen LogP contribution in [0.3, 0.4) is 0 Å². The van der Waals surface area contributed by atoms with Crippen LogP contribution in [0.2, 0.25) is 0 Å². The molecule has 1 fully saturated rings. The highest BCUT2D eigenvalue weighted by atomic mass is 16.2. The molecule has 0 unspecified atom stereocenters. The van der Waals surface area contributed by atoms with Gasteiger partial charge in [-0.2, -0.15) is 0 Å². The zero-order valence-electron chi connectivity index (χ0n) is 11.1. The zero-order valence-corrected chi connectivity index (χ0v) is 11.1. The SMILES string of the molecule is CCC1(CC)CCN(C(=O)c2ncccc2N)C1. The van der Waals surface area contributed by atoms with Crippen LogP contribution >= 0.6 is 0 Å². The van der Waals surface area contributed by atoms with E-state index in [1.165, 1.54) is 0 Å². The molecular formula is C14H21N3O. The molecule has 4 nitrogen and oxygen atoms in total. The van der Waals surface area contributed by atoms with Crippen LogP contribution in [-0.4, -0.2) is 28.9 Å². The van der Waals surface area contributed by atoms with Crippen LogP contribution in [0.1, 0.15) is 43.6 Å². The molecule has 1 aliphatic rings. The number of likely N-dealkylation sites (tertiary alicyclic amines) is 1. The van der Waals surface area contributed by atoms with Crippen LogP contribution in [0.5, 0.6) is 0 Å². The Morgan fingerprint density at radius 3 is 2.78 bits per heavy atom. The first-order valence-electron chi connectivity index (χ1n) is 6.61. The quantitative estimate of drug-likeness (QED) is 0.891. The number of carbonyl (C=O) groups is 1. The number of carbonyl (C=O) groups excluding carboxylic acids is 1. The normalized spacial score (nSPS) is 18.0. The fraction of sp³-hybridized carbons (Fsp3) is 0.571. The van der Waals surface area contributed by atoms with E-state index in [1.54, 1.807) is 18.3 Å². The fourth-order valence-corrected chi connectivity index (χ4v) is 2.68. The number of aromatic nitrogens is 1. The molecule has 0 radical (unpaired) electrons. The van der Waals surface area contributed by atoms with Crippen molar-refractivity contribution in [1.29, 1.82) is 0 Å². The summed E-state index contributed by atoms with van der Waals surface area (Å²) in [4.78, 5) is 18.4. The molecule has 2 heterocycles. The van der Waals surface area contributed by atoms with Crippen LogP contribution in [0.15, 0.2) is 18.3 Å². The summed E-state index contributed by atoms with van der Waals surface area (Å²) in [6.45, 7) is 6.05. The number of amides is 1. The lowest BCUT2D eigenvalue weighted by molar-refractivity contribution is 0.0765. The van der Waals surface area contributed by atoms with Crippen molar-refractivity contribution in [2.75, 3.05) is 18.8 Å². The first kappa shape index (κ1) is 12.9.